The number of likely N-dealkylation sites (N-methyl/N-ethyl adjacent to an activating group) is 1. The highest BCUT2D eigenvalue weighted by Gasteiger charge is 2.04. The predicted molar refractivity (Wildman–Crippen MR) is 61.3 cm³/mol. The van der Waals surface area contributed by atoms with Gasteiger partial charge in [0.05, 0.1) is 6.04 Å². The third-order valence-corrected chi connectivity index (χ3v) is 2.11. The number of hydrogen-bond donors (Lipinski definition) is 1. The molecule has 0 heterocycles. The Hall–Kier alpha value is -0.890. The molecule has 0 saturated heterocycles. The van der Waals surface area contributed by atoms with Gasteiger partial charge in [-0.05, 0) is 39.7 Å². The Morgan fingerprint density at radius 1 is 1.43 bits per heavy atom. The number of allylic oxidation sites excluding steroid dienone is 2. The van der Waals surface area contributed by atoms with E-state index in [-0.39, 0.29) is 11.8 Å². The van der Waals surface area contributed by atoms with Gasteiger partial charge in [0.2, 0.25) is 0 Å². The van der Waals surface area contributed by atoms with E-state index in [1.165, 1.54) is 6.42 Å². The van der Waals surface area contributed by atoms with E-state index >= 15 is 0 Å². The van der Waals surface area contributed by atoms with Crippen LogP contribution in [0.5, 0.6) is 0 Å². The molecule has 0 aliphatic rings. The van der Waals surface area contributed by atoms with Gasteiger partial charge in [-0.1, -0.05) is 18.2 Å². The number of ketones is 1. The topological polar surface area (TPSA) is 29.1 Å². The highest BCUT2D eigenvalue weighted by atomic mass is 16.1. The minimum atomic E-state index is -0.116. The smallest absolute Gasteiger partial charge is 0.150 e. The van der Waals surface area contributed by atoms with E-state index in [4.69, 9.17) is 0 Å². The fourth-order valence-corrected chi connectivity index (χ4v) is 1.22. The van der Waals surface area contributed by atoms with Crippen LogP contribution in [0, 0.1) is 0 Å². The highest BCUT2D eigenvalue weighted by Crippen LogP contribution is 2.01. The molecule has 1 N–H and O–H groups in total. The maximum Gasteiger partial charge on any atom is 0.150 e. The molecule has 0 rings (SSSR count). The summed E-state index contributed by atoms with van der Waals surface area (Å²) in [5.74, 6) is 0.162. The maximum absolute atomic E-state index is 11.0. The molecule has 0 saturated carbocycles. The zero-order valence-corrected chi connectivity index (χ0v) is 9.25. The predicted octanol–water partition coefficient (Wildman–Crippen LogP) is 2.47. The Labute approximate surface area is 87.1 Å². The summed E-state index contributed by atoms with van der Waals surface area (Å²) in [5, 5.41) is 2.95. The number of unbranched alkanes of at least 4 members (excludes halogenated alkanes) is 3. The Kier molecular flexibility index (Phi) is 8.14. The first kappa shape index (κ1) is 13.1. The second kappa shape index (κ2) is 8.70. The summed E-state index contributed by atoms with van der Waals surface area (Å²) in [6, 6.07) is -0.116. The van der Waals surface area contributed by atoms with Gasteiger partial charge in [-0.3, -0.25) is 4.79 Å². The molecule has 0 radical (unpaired) electrons. The van der Waals surface area contributed by atoms with E-state index in [9.17, 15) is 4.79 Å². The first-order valence-corrected chi connectivity index (χ1v) is 5.17. The van der Waals surface area contributed by atoms with Crippen molar-refractivity contribution in [2.75, 3.05) is 7.05 Å². The van der Waals surface area contributed by atoms with E-state index < -0.39 is 0 Å². The van der Waals surface area contributed by atoms with E-state index in [2.05, 4.69) is 18.0 Å². The lowest BCUT2D eigenvalue weighted by Gasteiger charge is -2.05. The van der Waals surface area contributed by atoms with Crippen LogP contribution in [0.2, 0.25) is 0 Å². The lowest BCUT2D eigenvalue weighted by Crippen LogP contribution is -2.29. The van der Waals surface area contributed by atoms with Crippen molar-refractivity contribution < 1.29 is 4.79 Å². The van der Waals surface area contributed by atoms with Crippen molar-refractivity contribution in [3.63, 3.8) is 0 Å². The molecule has 0 aromatic heterocycles. The summed E-state index contributed by atoms with van der Waals surface area (Å²) >= 11 is 0. The number of hydrogen-bond acceptors (Lipinski definition) is 2. The SMILES string of the molecule is C=CCCCC/C=C/[C@H](NC)C(C)=O. The zero-order valence-electron chi connectivity index (χ0n) is 9.25. The zero-order chi connectivity index (χ0) is 10.8. The van der Waals surface area contributed by atoms with Crippen LogP contribution < -0.4 is 5.32 Å². The Balaban J connectivity index is 3.59. The van der Waals surface area contributed by atoms with Crippen LogP contribution in [0.15, 0.2) is 24.8 Å². The van der Waals surface area contributed by atoms with Gasteiger partial charge in [0.25, 0.3) is 0 Å². The van der Waals surface area contributed by atoms with E-state index in [1.54, 1.807) is 14.0 Å². The van der Waals surface area contributed by atoms with Gasteiger partial charge < -0.3 is 5.32 Å². The van der Waals surface area contributed by atoms with Crippen LogP contribution in [0.25, 0.3) is 0 Å². The third-order valence-electron chi connectivity index (χ3n) is 2.11. The van der Waals surface area contributed by atoms with Crippen molar-refractivity contribution in [1.82, 2.24) is 5.32 Å². The quantitative estimate of drug-likeness (QED) is 0.476. The number of carbonyl (C=O) groups excluding carboxylic acids is 1. The normalized spacial score (nSPS) is 13.0. The molecule has 2 nitrogen and oxygen atoms in total. The Morgan fingerprint density at radius 3 is 2.57 bits per heavy atom. The van der Waals surface area contributed by atoms with Gasteiger partial charge in [0, 0.05) is 0 Å². The van der Waals surface area contributed by atoms with Gasteiger partial charge >= 0.3 is 0 Å². The van der Waals surface area contributed by atoms with Crippen LogP contribution in [-0.4, -0.2) is 18.9 Å². The number of rotatable bonds is 8. The van der Waals surface area contributed by atoms with Crippen LogP contribution in [-0.2, 0) is 4.79 Å². The van der Waals surface area contributed by atoms with Crippen LogP contribution in [0.1, 0.15) is 32.6 Å². The average molecular weight is 195 g/mol. The summed E-state index contributed by atoms with van der Waals surface area (Å²) in [6.45, 7) is 5.27. The lowest BCUT2D eigenvalue weighted by atomic mass is 10.1. The maximum atomic E-state index is 11.0. The van der Waals surface area contributed by atoms with Crippen molar-refractivity contribution in [3.8, 4) is 0 Å². The molecular weight excluding hydrogens is 174 g/mol. The lowest BCUT2D eigenvalue weighted by molar-refractivity contribution is -0.117. The molecule has 0 unspecified atom stereocenters. The standard InChI is InChI=1S/C12H21NO/c1-4-5-6-7-8-9-10-12(13-3)11(2)14/h4,9-10,12-13H,1,5-8H2,2-3H3/b10-9+/t12-/m0/s1. The van der Waals surface area contributed by atoms with Crippen molar-refractivity contribution >= 4 is 5.78 Å². The number of nitrogens with one attached hydrogen (secondary N) is 1. The molecular formula is C12H21NO. The summed E-state index contributed by atoms with van der Waals surface area (Å²) in [7, 11) is 1.80. The molecule has 0 amide bonds. The van der Waals surface area contributed by atoms with Crippen molar-refractivity contribution in [2.24, 2.45) is 0 Å². The van der Waals surface area contributed by atoms with E-state index in [0.29, 0.717) is 0 Å². The molecule has 80 valence electrons. The van der Waals surface area contributed by atoms with Crippen LogP contribution in [0.3, 0.4) is 0 Å². The fourth-order valence-electron chi connectivity index (χ4n) is 1.22. The molecule has 0 aromatic rings. The molecule has 0 fully saturated rings. The Morgan fingerprint density at radius 2 is 2.07 bits per heavy atom. The minimum Gasteiger partial charge on any atom is -0.307 e. The Bertz CT molecular complexity index is 196. The van der Waals surface area contributed by atoms with Gasteiger partial charge in [-0.2, -0.15) is 0 Å². The largest absolute Gasteiger partial charge is 0.307 e. The first-order valence-electron chi connectivity index (χ1n) is 5.17. The summed E-state index contributed by atoms with van der Waals surface area (Å²) in [4.78, 5) is 11.0. The average Bonchev–Trinajstić information content (AvgIpc) is 2.16. The first-order chi connectivity index (χ1) is 6.72. The highest BCUT2D eigenvalue weighted by molar-refractivity contribution is 5.83. The monoisotopic (exact) mass is 195 g/mol. The molecule has 0 aromatic carbocycles. The van der Waals surface area contributed by atoms with E-state index in [0.717, 1.165) is 19.3 Å². The van der Waals surface area contributed by atoms with Gasteiger partial charge in [-0.25, -0.2) is 0 Å². The molecule has 1 atom stereocenters. The van der Waals surface area contributed by atoms with Crippen molar-refractivity contribution in [2.45, 2.75) is 38.6 Å². The van der Waals surface area contributed by atoms with Crippen molar-refractivity contribution in [1.29, 1.82) is 0 Å². The minimum absolute atomic E-state index is 0.116. The fraction of sp³-hybridized carbons (Fsp3) is 0.583. The second-order valence-corrected chi connectivity index (χ2v) is 3.38. The summed E-state index contributed by atoms with van der Waals surface area (Å²) in [5.41, 5.74) is 0. The number of Topliss-reactive ketones (excluding diaryl/α,β-unsaturated/α-hetero) is 1. The molecule has 0 aliphatic carbocycles. The number of carbonyl (C=O) groups is 1. The molecule has 0 bridgehead atoms. The molecule has 0 spiro atoms. The summed E-state index contributed by atoms with van der Waals surface area (Å²) in [6.07, 6.45) is 10.4. The van der Waals surface area contributed by atoms with Gasteiger partial charge in [-0.15, -0.1) is 6.58 Å². The van der Waals surface area contributed by atoms with Gasteiger partial charge in [0.15, 0.2) is 5.78 Å². The molecule has 14 heavy (non-hydrogen) atoms. The second-order valence-electron chi connectivity index (χ2n) is 3.38. The molecule has 2 heteroatoms. The molecule has 0 aliphatic heterocycles. The van der Waals surface area contributed by atoms with Crippen LogP contribution >= 0.6 is 0 Å². The van der Waals surface area contributed by atoms with E-state index in [1.807, 2.05) is 12.2 Å². The van der Waals surface area contributed by atoms with Crippen molar-refractivity contribution in [3.05, 3.63) is 24.8 Å². The third kappa shape index (κ3) is 6.61. The van der Waals surface area contributed by atoms with Crippen LogP contribution in [0.4, 0.5) is 0 Å². The van der Waals surface area contributed by atoms with Gasteiger partial charge in [0.1, 0.15) is 0 Å². The summed E-state index contributed by atoms with van der Waals surface area (Å²) < 4.78 is 0.